The number of nitrogens with one attached hydrogen (secondary N) is 2. The number of halogens is 2. The van der Waals surface area contributed by atoms with Crippen molar-refractivity contribution in [1.29, 1.82) is 0 Å². The van der Waals surface area contributed by atoms with E-state index in [0.717, 1.165) is 0 Å². The van der Waals surface area contributed by atoms with E-state index in [1.165, 1.54) is 14.0 Å². The average molecular weight is 468 g/mol. The molecule has 1 unspecified atom stereocenters. The van der Waals surface area contributed by atoms with Gasteiger partial charge in [0.15, 0.2) is 0 Å². The van der Waals surface area contributed by atoms with E-state index in [9.17, 15) is 14.7 Å². The number of methoxy groups -OCH3 is 1. The molecule has 24 heavy (non-hydrogen) atoms. The zero-order chi connectivity index (χ0) is 18.1. The van der Waals surface area contributed by atoms with Crippen LogP contribution >= 0.6 is 31.9 Å². The number of carbonyl (C=O) groups is 2. The first-order valence-corrected chi connectivity index (χ1v) is 8.79. The molecule has 0 saturated carbocycles. The lowest BCUT2D eigenvalue weighted by Crippen LogP contribution is -2.25. The first-order chi connectivity index (χ1) is 11.3. The van der Waals surface area contributed by atoms with Crippen LogP contribution in [0.25, 0.3) is 0 Å². The van der Waals surface area contributed by atoms with Gasteiger partial charge in [-0.1, -0.05) is 0 Å². The van der Waals surface area contributed by atoms with Crippen LogP contribution in [0.3, 0.4) is 0 Å². The molecule has 1 aromatic carbocycles. The molecule has 2 amide bonds. The zero-order valence-corrected chi connectivity index (χ0v) is 16.6. The minimum Gasteiger partial charge on any atom is -0.491 e. The van der Waals surface area contributed by atoms with E-state index in [-0.39, 0.29) is 12.5 Å². The number of aliphatic hydroxyl groups is 1. The summed E-state index contributed by atoms with van der Waals surface area (Å²) in [5.74, 6) is 0.399. The Balaban J connectivity index is 2.57. The van der Waals surface area contributed by atoms with Gasteiger partial charge >= 0.3 is 6.09 Å². The largest absolute Gasteiger partial charge is 0.491 e. The molecule has 0 aromatic heterocycles. The first kappa shape index (κ1) is 20.7. The maximum absolute atomic E-state index is 10.9. The fourth-order valence-corrected chi connectivity index (χ4v) is 3.23. The molecule has 0 heterocycles. The molecule has 0 aliphatic rings. The summed E-state index contributed by atoms with van der Waals surface area (Å²) < 4.78 is 11.5. The Morgan fingerprint density at radius 2 is 1.88 bits per heavy atom. The SMILES string of the molecule is COC(=O)NCCCOc1c(Br)cc(C(O)CNC(C)=O)cc1Br. The predicted octanol–water partition coefficient (Wildman–Crippen LogP) is 2.51. The molecule has 0 aliphatic heterocycles. The molecule has 1 aromatic rings. The minimum atomic E-state index is -0.820. The van der Waals surface area contributed by atoms with Crippen molar-refractivity contribution in [3.8, 4) is 5.75 Å². The number of rotatable bonds is 8. The maximum Gasteiger partial charge on any atom is 0.406 e. The molecule has 7 nitrogen and oxygen atoms in total. The van der Waals surface area contributed by atoms with Crippen LogP contribution in [-0.2, 0) is 9.53 Å². The van der Waals surface area contributed by atoms with Gasteiger partial charge in [0, 0.05) is 20.0 Å². The van der Waals surface area contributed by atoms with Crippen molar-refractivity contribution < 1.29 is 24.2 Å². The molecular weight excluding hydrogens is 448 g/mol. The number of aliphatic hydroxyl groups excluding tert-OH is 1. The number of hydrogen-bond donors (Lipinski definition) is 3. The molecule has 0 bridgehead atoms. The average Bonchev–Trinajstić information content (AvgIpc) is 2.53. The van der Waals surface area contributed by atoms with Gasteiger partial charge in [-0.15, -0.1) is 0 Å². The summed E-state index contributed by atoms with van der Waals surface area (Å²) in [5, 5.41) is 15.2. The highest BCUT2D eigenvalue weighted by atomic mass is 79.9. The molecule has 1 atom stereocenters. The third-order valence-corrected chi connectivity index (χ3v) is 4.15. The lowest BCUT2D eigenvalue weighted by Gasteiger charge is -2.16. The van der Waals surface area contributed by atoms with Gasteiger partial charge in [0.05, 0.1) is 28.8 Å². The second kappa shape index (κ2) is 10.5. The second-order valence-electron chi connectivity index (χ2n) is 4.89. The van der Waals surface area contributed by atoms with Crippen LogP contribution in [0.5, 0.6) is 5.75 Å². The van der Waals surface area contributed by atoms with Gasteiger partial charge < -0.3 is 25.2 Å². The van der Waals surface area contributed by atoms with E-state index in [0.29, 0.717) is 39.8 Å². The van der Waals surface area contributed by atoms with Crippen molar-refractivity contribution in [1.82, 2.24) is 10.6 Å². The molecule has 1 rings (SSSR count). The Kier molecular flexibility index (Phi) is 9.09. The predicted molar refractivity (Wildman–Crippen MR) is 96.0 cm³/mol. The van der Waals surface area contributed by atoms with E-state index in [4.69, 9.17) is 4.74 Å². The monoisotopic (exact) mass is 466 g/mol. The number of hydrogen-bond acceptors (Lipinski definition) is 5. The van der Waals surface area contributed by atoms with Gasteiger partial charge in [-0.25, -0.2) is 4.79 Å². The molecule has 9 heteroatoms. The van der Waals surface area contributed by atoms with Gasteiger partial charge in [0.2, 0.25) is 5.91 Å². The van der Waals surface area contributed by atoms with Crippen LogP contribution in [0.1, 0.15) is 25.0 Å². The number of alkyl carbamates (subject to hydrolysis) is 1. The summed E-state index contributed by atoms with van der Waals surface area (Å²) in [4.78, 5) is 21.8. The van der Waals surface area contributed by atoms with Crippen LogP contribution in [0.4, 0.5) is 4.79 Å². The van der Waals surface area contributed by atoms with E-state index >= 15 is 0 Å². The number of carbonyl (C=O) groups excluding carboxylic acids is 2. The topological polar surface area (TPSA) is 96.9 Å². The Labute approximate surface area is 157 Å². The van der Waals surface area contributed by atoms with Gasteiger partial charge in [-0.2, -0.15) is 0 Å². The van der Waals surface area contributed by atoms with Crippen molar-refractivity contribution in [2.45, 2.75) is 19.4 Å². The quantitative estimate of drug-likeness (QED) is 0.510. The summed E-state index contributed by atoms with van der Waals surface area (Å²) in [5.41, 5.74) is 0.641. The molecule has 134 valence electrons. The Morgan fingerprint density at radius 3 is 2.42 bits per heavy atom. The lowest BCUT2D eigenvalue weighted by atomic mass is 10.1. The van der Waals surface area contributed by atoms with Gasteiger partial charge in [-0.3, -0.25) is 4.79 Å². The highest BCUT2D eigenvalue weighted by Crippen LogP contribution is 2.36. The normalized spacial score (nSPS) is 11.5. The fraction of sp³-hybridized carbons (Fsp3) is 0.467. The van der Waals surface area contributed by atoms with Crippen LogP contribution in [0, 0.1) is 0 Å². The smallest absolute Gasteiger partial charge is 0.406 e. The van der Waals surface area contributed by atoms with Crippen LogP contribution in [0.15, 0.2) is 21.1 Å². The Bertz CT molecular complexity index is 560. The third kappa shape index (κ3) is 7.06. The standard InChI is InChI=1S/C15H20Br2N2O5/c1-9(20)19-8-13(21)10-6-11(16)14(12(17)7-10)24-5-3-4-18-15(22)23-2/h6-7,13,21H,3-5,8H2,1-2H3,(H,18,22)(H,19,20). The second-order valence-corrected chi connectivity index (χ2v) is 6.60. The van der Waals surface area contributed by atoms with Crippen molar-refractivity contribution in [3.63, 3.8) is 0 Å². The first-order valence-electron chi connectivity index (χ1n) is 7.21. The molecular formula is C15H20Br2N2O5. The number of amides is 2. The van der Waals surface area contributed by atoms with Crippen LogP contribution in [-0.4, -0.2) is 43.9 Å². The summed E-state index contributed by atoms with van der Waals surface area (Å²) in [6.45, 7) is 2.36. The highest BCUT2D eigenvalue weighted by Gasteiger charge is 2.14. The van der Waals surface area contributed by atoms with E-state index in [2.05, 4.69) is 47.2 Å². The molecule has 0 saturated heterocycles. The van der Waals surface area contributed by atoms with Crippen LogP contribution in [0.2, 0.25) is 0 Å². The van der Waals surface area contributed by atoms with Gasteiger partial charge in [-0.05, 0) is 56.0 Å². The summed E-state index contributed by atoms with van der Waals surface area (Å²) in [6, 6.07) is 3.47. The van der Waals surface area contributed by atoms with Gasteiger partial charge in [0.25, 0.3) is 0 Å². The maximum atomic E-state index is 10.9. The summed E-state index contributed by atoms with van der Waals surface area (Å²) in [7, 11) is 1.31. The van der Waals surface area contributed by atoms with Crippen LogP contribution < -0.4 is 15.4 Å². The van der Waals surface area contributed by atoms with Crippen molar-refractivity contribution in [2.75, 3.05) is 26.8 Å². The minimum absolute atomic E-state index is 0.133. The third-order valence-electron chi connectivity index (χ3n) is 2.97. The Hall–Kier alpha value is -1.32. The Morgan fingerprint density at radius 1 is 1.25 bits per heavy atom. The molecule has 0 fully saturated rings. The summed E-state index contributed by atoms with van der Waals surface area (Å²) >= 11 is 6.81. The number of ether oxygens (including phenoxy) is 2. The number of benzene rings is 1. The lowest BCUT2D eigenvalue weighted by molar-refractivity contribution is -0.119. The molecule has 3 N–H and O–H groups in total. The van der Waals surface area contributed by atoms with Gasteiger partial charge in [0.1, 0.15) is 5.75 Å². The van der Waals surface area contributed by atoms with E-state index in [1.807, 2.05) is 0 Å². The van der Waals surface area contributed by atoms with Crippen molar-refractivity contribution in [3.05, 3.63) is 26.6 Å². The van der Waals surface area contributed by atoms with E-state index < -0.39 is 12.2 Å². The van der Waals surface area contributed by atoms with E-state index in [1.54, 1.807) is 12.1 Å². The molecule has 0 radical (unpaired) electrons. The highest BCUT2D eigenvalue weighted by molar-refractivity contribution is 9.11. The fourth-order valence-electron chi connectivity index (χ4n) is 1.78. The van der Waals surface area contributed by atoms with Crippen molar-refractivity contribution >= 4 is 43.9 Å². The van der Waals surface area contributed by atoms with Crippen molar-refractivity contribution in [2.24, 2.45) is 0 Å². The molecule has 0 aliphatic carbocycles. The zero-order valence-electron chi connectivity index (χ0n) is 13.4. The summed E-state index contributed by atoms with van der Waals surface area (Å²) in [6.07, 6.45) is -0.685. The molecule has 0 spiro atoms.